The quantitative estimate of drug-likeness (QED) is 0.712. The number of methoxy groups -OCH3 is 1. The Morgan fingerprint density at radius 3 is 2.85 bits per heavy atom. The molecule has 0 atom stereocenters. The molecule has 1 rings (SSSR count). The Balaban J connectivity index is 3.20. The smallest absolute Gasteiger partial charge is 0.228 e. The molecule has 0 radical (unpaired) electrons. The van der Waals surface area contributed by atoms with Crippen LogP contribution < -0.4 is 15.5 Å². The Bertz CT molecular complexity index is 344. The molecule has 2 N–H and O–H groups in total. The van der Waals surface area contributed by atoms with Crippen LogP contribution in [0.15, 0.2) is 11.0 Å². The number of ether oxygens (including phenoxy) is 1. The lowest BCUT2D eigenvalue weighted by Gasteiger charge is -2.05. The summed E-state index contributed by atoms with van der Waals surface area (Å²) in [6.45, 7) is 2.36. The number of aromatic nitrogens is 1. The zero-order valence-electron chi connectivity index (χ0n) is 8.10. The van der Waals surface area contributed by atoms with Gasteiger partial charge in [0.1, 0.15) is 0 Å². The van der Waals surface area contributed by atoms with Gasteiger partial charge in [-0.25, -0.2) is 0 Å². The number of hydrogen-bond donors (Lipinski definition) is 2. The highest BCUT2D eigenvalue weighted by Gasteiger charge is 2.07. The largest absolute Gasteiger partial charge is 0.491 e. The van der Waals surface area contributed by atoms with Crippen molar-refractivity contribution >= 4 is 0 Å². The summed E-state index contributed by atoms with van der Waals surface area (Å²) in [5.74, 6) is 0.396. The SMILES string of the molecule is CNCc1c[nH]c(C)c(OC)c1=O. The maximum Gasteiger partial charge on any atom is 0.228 e. The van der Waals surface area contributed by atoms with Crippen molar-refractivity contribution in [3.8, 4) is 5.75 Å². The van der Waals surface area contributed by atoms with Crippen LogP contribution in [0.3, 0.4) is 0 Å². The van der Waals surface area contributed by atoms with E-state index in [2.05, 4.69) is 10.3 Å². The Hall–Kier alpha value is -1.29. The first-order valence-corrected chi connectivity index (χ1v) is 4.10. The number of pyridine rings is 1. The molecule has 4 heteroatoms. The van der Waals surface area contributed by atoms with Crippen molar-refractivity contribution in [2.24, 2.45) is 0 Å². The topological polar surface area (TPSA) is 54.1 Å². The predicted octanol–water partition coefficient (Wildman–Crippen LogP) is 0.411. The third-order valence-corrected chi connectivity index (χ3v) is 1.87. The van der Waals surface area contributed by atoms with E-state index in [1.807, 2.05) is 6.92 Å². The molecular formula is C9H14N2O2. The van der Waals surface area contributed by atoms with Gasteiger partial charge in [0.15, 0.2) is 5.75 Å². The molecule has 0 bridgehead atoms. The van der Waals surface area contributed by atoms with Crippen LogP contribution in [-0.4, -0.2) is 19.1 Å². The maximum atomic E-state index is 11.6. The molecular weight excluding hydrogens is 168 g/mol. The van der Waals surface area contributed by atoms with E-state index < -0.39 is 0 Å². The van der Waals surface area contributed by atoms with E-state index in [0.717, 1.165) is 5.69 Å². The van der Waals surface area contributed by atoms with Crippen molar-refractivity contribution in [1.82, 2.24) is 10.3 Å². The van der Waals surface area contributed by atoms with Gasteiger partial charge in [-0.05, 0) is 14.0 Å². The number of hydrogen-bond acceptors (Lipinski definition) is 3. The normalized spacial score (nSPS) is 10.1. The second-order valence-corrected chi connectivity index (χ2v) is 2.83. The van der Waals surface area contributed by atoms with Gasteiger partial charge in [0.2, 0.25) is 5.43 Å². The van der Waals surface area contributed by atoms with Gasteiger partial charge in [-0.3, -0.25) is 4.79 Å². The van der Waals surface area contributed by atoms with Crippen LogP contribution in [-0.2, 0) is 6.54 Å². The molecule has 0 aromatic carbocycles. The van der Waals surface area contributed by atoms with Crippen LogP contribution in [0, 0.1) is 6.92 Å². The van der Waals surface area contributed by atoms with Crippen molar-refractivity contribution in [1.29, 1.82) is 0 Å². The minimum Gasteiger partial charge on any atom is -0.491 e. The van der Waals surface area contributed by atoms with E-state index in [1.54, 1.807) is 13.2 Å². The van der Waals surface area contributed by atoms with Crippen LogP contribution in [0.5, 0.6) is 5.75 Å². The third kappa shape index (κ3) is 1.89. The van der Waals surface area contributed by atoms with E-state index in [4.69, 9.17) is 4.74 Å². The van der Waals surface area contributed by atoms with Crippen LogP contribution >= 0.6 is 0 Å². The third-order valence-electron chi connectivity index (χ3n) is 1.87. The van der Waals surface area contributed by atoms with Gasteiger partial charge in [-0.15, -0.1) is 0 Å². The molecule has 1 aromatic rings. The summed E-state index contributed by atoms with van der Waals surface area (Å²) in [6.07, 6.45) is 1.71. The molecule has 0 saturated carbocycles. The maximum absolute atomic E-state index is 11.6. The first kappa shape index (κ1) is 9.80. The Morgan fingerprint density at radius 2 is 2.31 bits per heavy atom. The summed E-state index contributed by atoms with van der Waals surface area (Å²) in [4.78, 5) is 14.6. The Kier molecular flexibility index (Phi) is 3.08. The summed E-state index contributed by atoms with van der Waals surface area (Å²) < 4.78 is 4.99. The van der Waals surface area contributed by atoms with Crippen LogP contribution in [0.4, 0.5) is 0 Å². The first-order chi connectivity index (χ1) is 6.20. The van der Waals surface area contributed by atoms with Crippen LogP contribution in [0.25, 0.3) is 0 Å². The zero-order valence-corrected chi connectivity index (χ0v) is 8.10. The predicted molar refractivity (Wildman–Crippen MR) is 51.1 cm³/mol. The molecule has 1 heterocycles. The Morgan fingerprint density at radius 1 is 1.62 bits per heavy atom. The lowest BCUT2D eigenvalue weighted by Crippen LogP contribution is -2.18. The molecule has 0 fully saturated rings. The first-order valence-electron chi connectivity index (χ1n) is 4.10. The molecule has 0 aliphatic rings. The summed E-state index contributed by atoms with van der Waals surface area (Å²) >= 11 is 0. The van der Waals surface area contributed by atoms with Gasteiger partial charge in [-0.1, -0.05) is 0 Å². The second-order valence-electron chi connectivity index (χ2n) is 2.83. The van der Waals surface area contributed by atoms with Gasteiger partial charge < -0.3 is 15.0 Å². The Labute approximate surface area is 76.9 Å². The van der Waals surface area contributed by atoms with E-state index >= 15 is 0 Å². The van der Waals surface area contributed by atoms with Gasteiger partial charge in [0.05, 0.1) is 12.8 Å². The average molecular weight is 182 g/mol. The highest BCUT2D eigenvalue weighted by molar-refractivity contribution is 5.30. The van der Waals surface area contributed by atoms with E-state index in [0.29, 0.717) is 17.9 Å². The molecule has 0 spiro atoms. The van der Waals surface area contributed by atoms with Gasteiger partial charge >= 0.3 is 0 Å². The molecule has 1 aromatic heterocycles. The van der Waals surface area contributed by atoms with Crippen molar-refractivity contribution in [2.45, 2.75) is 13.5 Å². The molecule has 0 saturated heterocycles. The second kappa shape index (κ2) is 4.09. The fourth-order valence-electron chi connectivity index (χ4n) is 1.21. The summed E-state index contributed by atoms with van der Waals surface area (Å²) in [7, 11) is 3.30. The number of aromatic amines is 1. The molecule has 0 aliphatic carbocycles. The molecule has 0 amide bonds. The minimum atomic E-state index is -0.0481. The molecule has 0 unspecified atom stereocenters. The van der Waals surface area contributed by atoms with Crippen LogP contribution in [0.1, 0.15) is 11.3 Å². The van der Waals surface area contributed by atoms with Gasteiger partial charge in [-0.2, -0.15) is 0 Å². The lowest BCUT2D eigenvalue weighted by atomic mass is 10.2. The van der Waals surface area contributed by atoms with E-state index in [-0.39, 0.29) is 5.43 Å². The number of rotatable bonds is 3. The lowest BCUT2D eigenvalue weighted by molar-refractivity contribution is 0.404. The fourth-order valence-corrected chi connectivity index (χ4v) is 1.21. The van der Waals surface area contributed by atoms with E-state index in [9.17, 15) is 4.79 Å². The van der Waals surface area contributed by atoms with Crippen molar-refractivity contribution in [2.75, 3.05) is 14.2 Å². The minimum absolute atomic E-state index is 0.0481. The summed E-state index contributed by atoms with van der Waals surface area (Å²) in [5, 5.41) is 2.92. The van der Waals surface area contributed by atoms with Gasteiger partial charge in [0.25, 0.3) is 0 Å². The van der Waals surface area contributed by atoms with Crippen molar-refractivity contribution in [3.05, 3.63) is 27.7 Å². The molecule has 0 aliphatic heterocycles. The molecule has 4 nitrogen and oxygen atoms in total. The van der Waals surface area contributed by atoms with E-state index in [1.165, 1.54) is 7.11 Å². The molecule has 13 heavy (non-hydrogen) atoms. The monoisotopic (exact) mass is 182 g/mol. The number of H-pyrrole nitrogens is 1. The number of aryl methyl sites for hydroxylation is 1. The van der Waals surface area contributed by atoms with Crippen molar-refractivity contribution < 1.29 is 4.74 Å². The standard InChI is InChI=1S/C9H14N2O2/c1-6-9(13-3)8(12)7(4-10-2)5-11-6/h5,10H,4H2,1-3H3,(H,11,12). The highest BCUT2D eigenvalue weighted by Crippen LogP contribution is 2.08. The summed E-state index contributed by atoms with van der Waals surface area (Å²) in [6, 6.07) is 0. The summed E-state index contributed by atoms with van der Waals surface area (Å²) in [5.41, 5.74) is 1.39. The van der Waals surface area contributed by atoms with Gasteiger partial charge in [0, 0.05) is 18.3 Å². The zero-order chi connectivity index (χ0) is 9.84. The number of nitrogens with one attached hydrogen (secondary N) is 2. The molecule has 72 valence electrons. The highest BCUT2D eigenvalue weighted by atomic mass is 16.5. The van der Waals surface area contributed by atoms with Crippen LogP contribution in [0.2, 0.25) is 0 Å². The average Bonchev–Trinajstić information content (AvgIpc) is 2.11. The fraction of sp³-hybridized carbons (Fsp3) is 0.444. The van der Waals surface area contributed by atoms with Crippen molar-refractivity contribution in [3.63, 3.8) is 0 Å².